The minimum atomic E-state index is -1.19. The van der Waals surface area contributed by atoms with Crippen LogP contribution in [-0.2, 0) is 11.2 Å². The second kappa shape index (κ2) is 9.70. The summed E-state index contributed by atoms with van der Waals surface area (Å²) in [4.78, 5) is 37.5. The molecule has 0 spiro atoms. The molecule has 1 aromatic carbocycles. The highest BCUT2D eigenvalue weighted by molar-refractivity contribution is 5.97. The maximum absolute atomic E-state index is 13.1. The number of carbonyl (C=O) groups excluding carboxylic acids is 1. The van der Waals surface area contributed by atoms with Crippen molar-refractivity contribution in [2.24, 2.45) is 0 Å². The number of rotatable bonds is 7. The van der Waals surface area contributed by atoms with E-state index in [2.05, 4.69) is 19.9 Å². The van der Waals surface area contributed by atoms with Crippen LogP contribution in [0.2, 0.25) is 0 Å². The Hall–Kier alpha value is -4.60. The number of hydrogen-bond acceptors (Lipinski definition) is 6. The lowest BCUT2D eigenvalue weighted by Crippen LogP contribution is -2.42. The van der Waals surface area contributed by atoms with Crippen LogP contribution >= 0.6 is 0 Å². The van der Waals surface area contributed by atoms with Crippen LogP contribution in [0.5, 0.6) is 5.75 Å². The zero-order valence-electron chi connectivity index (χ0n) is 20.6. The third kappa shape index (κ3) is 4.38. The normalized spacial score (nSPS) is 15.2. The average molecular weight is 514 g/mol. The Kier molecular flexibility index (Phi) is 6.07. The number of carbonyl (C=O) groups is 2. The Morgan fingerprint density at radius 1 is 1.13 bits per heavy atom. The van der Waals surface area contributed by atoms with Gasteiger partial charge in [0, 0.05) is 29.6 Å². The fourth-order valence-electron chi connectivity index (χ4n) is 5.40. The second-order valence-electron chi connectivity index (χ2n) is 9.76. The van der Waals surface area contributed by atoms with Gasteiger partial charge in [0.25, 0.3) is 5.91 Å². The molecule has 4 N–H and O–H groups in total. The molecule has 0 saturated heterocycles. The molecule has 4 aromatic heterocycles. The van der Waals surface area contributed by atoms with Gasteiger partial charge in [0.15, 0.2) is 5.65 Å². The van der Waals surface area contributed by atoms with Gasteiger partial charge >= 0.3 is 5.97 Å². The van der Waals surface area contributed by atoms with Crippen molar-refractivity contribution in [3.8, 4) is 17.1 Å². The maximum atomic E-state index is 13.1. The summed E-state index contributed by atoms with van der Waals surface area (Å²) in [6.45, 7) is 0. The van der Waals surface area contributed by atoms with E-state index in [1.165, 1.54) is 6.42 Å². The van der Waals surface area contributed by atoms with Gasteiger partial charge in [-0.2, -0.15) is 0 Å². The summed E-state index contributed by atoms with van der Waals surface area (Å²) in [7, 11) is 0. The number of fused-ring (bicyclic) bond motifs is 2. The zero-order valence-corrected chi connectivity index (χ0v) is 20.6. The van der Waals surface area contributed by atoms with Crippen LogP contribution in [0.15, 0.2) is 59.5 Å². The van der Waals surface area contributed by atoms with Crippen molar-refractivity contribution in [3.05, 3.63) is 66.4 Å². The SMILES string of the molecule is O=C(N[C@@H](Cc1c[nH]c2ccc(O)cc12)C(=O)O)c1ccc2c(n1)nc(-c1ccoc1)n2C1CCCCC1. The number of nitrogens with zero attached hydrogens (tertiary/aromatic N) is 3. The largest absolute Gasteiger partial charge is 0.508 e. The third-order valence-corrected chi connectivity index (χ3v) is 7.28. The summed E-state index contributed by atoms with van der Waals surface area (Å²) in [5.74, 6) is -0.942. The Morgan fingerprint density at radius 3 is 2.74 bits per heavy atom. The van der Waals surface area contributed by atoms with E-state index >= 15 is 0 Å². The number of furan rings is 1. The molecule has 0 aliphatic heterocycles. The number of carboxylic acids is 1. The van der Waals surface area contributed by atoms with Crippen LogP contribution in [-0.4, -0.2) is 47.7 Å². The monoisotopic (exact) mass is 513 g/mol. The molecule has 6 rings (SSSR count). The van der Waals surface area contributed by atoms with Crippen molar-refractivity contribution in [2.75, 3.05) is 0 Å². The molecule has 1 aliphatic carbocycles. The van der Waals surface area contributed by atoms with Crippen molar-refractivity contribution in [3.63, 3.8) is 0 Å². The molecule has 5 aromatic rings. The van der Waals surface area contributed by atoms with E-state index in [-0.39, 0.29) is 23.9 Å². The molecule has 1 fully saturated rings. The van der Waals surface area contributed by atoms with Crippen molar-refractivity contribution >= 4 is 33.9 Å². The average Bonchev–Trinajstić information content (AvgIpc) is 3.67. The summed E-state index contributed by atoms with van der Waals surface area (Å²) >= 11 is 0. The summed E-state index contributed by atoms with van der Waals surface area (Å²) in [5.41, 5.74) is 3.63. The highest BCUT2D eigenvalue weighted by Crippen LogP contribution is 2.35. The van der Waals surface area contributed by atoms with Crippen molar-refractivity contribution < 1.29 is 24.2 Å². The number of aromatic nitrogens is 4. The lowest BCUT2D eigenvalue weighted by atomic mass is 9.95. The second-order valence-corrected chi connectivity index (χ2v) is 9.76. The molecule has 0 unspecified atom stereocenters. The molecule has 10 heteroatoms. The first-order valence-electron chi connectivity index (χ1n) is 12.7. The Morgan fingerprint density at radius 2 is 1.97 bits per heavy atom. The smallest absolute Gasteiger partial charge is 0.326 e. The Labute approximate surface area is 217 Å². The predicted octanol–water partition coefficient (Wildman–Crippen LogP) is 4.81. The first-order chi connectivity index (χ1) is 18.5. The standard InChI is InChI=1S/C28H27N5O5/c34-19-6-7-21-20(13-19)17(14-29-21)12-23(28(36)37)31-27(35)22-8-9-24-25(30-22)32-26(16-10-11-38-15-16)33(24)18-4-2-1-3-5-18/h6-11,13-15,18,23,29,34H,1-5,12H2,(H,31,35)(H,36,37)/t23-/m0/s1. The Bertz CT molecular complexity index is 1630. The lowest BCUT2D eigenvalue weighted by molar-refractivity contribution is -0.139. The van der Waals surface area contributed by atoms with E-state index in [0.29, 0.717) is 16.6 Å². The fourth-order valence-corrected chi connectivity index (χ4v) is 5.40. The van der Waals surface area contributed by atoms with Gasteiger partial charge in [-0.15, -0.1) is 0 Å². The van der Waals surface area contributed by atoms with E-state index in [1.807, 2.05) is 12.1 Å². The quantitative estimate of drug-likeness (QED) is 0.244. The summed E-state index contributed by atoms with van der Waals surface area (Å²) < 4.78 is 7.50. The number of pyridine rings is 1. The van der Waals surface area contributed by atoms with E-state index < -0.39 is 17.9 Å². The molecule has 194 valence electrons. The van der Waals surface area contributed by atoms with Crippen LogP contribution in [0.25, 0.3) is 33.5 Å². The van der Waals surface area contributed by atoms with Crippen molar-refractivity contribution in [1.29, 1.82) is 0 Å². The van der Waals surface area contributed by atoms with E-state index in [9.17, 15) is 19.8 Å². The molecule has 1 aliphatic rings. The molecular formula is C28H27N5O5. The van der Waals surface area contributed by atoms with Crippen LogP contribution in [0.1, 0.15) is 54.2 Å². The highest BCUT2D eigenvalue weighted by atomic mass is 16.4. The number of hydrogen-bond donors (Lipinski definition) is 4. The molecule has 1 atom stereocenters. The molecule has 1 amide bonds. The van der Waals surface area contributed by atoms with E-state index in [4.69, 9.17) is 9.40 Å². The molecule has 1 saturated carbocycles. The van der Waals surface area contributed by atoms with Gasteiger partial charge in [0.05, 0.1) is 17.3 Å². The summed E-state index contributed by atoms with van der Waals surface area (Å²) in [5, 5.41) is 23.0. The molecule has 4 heterocycles. The molecule has 0 bridgehead atoms. The summed E-state index contributed by atoms with van der Waals surface area (Å²) in [6.07, 6.45) is 10.6. The van der Waals surface area contributed by atoms with Gasteiger partial charge in [0.1, 0.15) is 29.6 Å². The number of imidazole rings is 1. The van der Waals surface area contributed by atoms with Crippen LogP contribution in [0.4, 0.5) is 0 Å². The van der Waals surface area contributed by atoms with Crippen LogP contribution < -0.4 is 5.32 Å². The minimum Gasteiger partial charge on any atom is -0.508 e. The number of H-pyrrole nitrogens is 1. The van der Waals surface area contributed by atoms with Gasteiger partial charge in [-0.1, -0.05) is 19.3 Å². The maximum Gasteiger partial charge on any atom is 0.326 e. The van der Waals surface area contributed by atoms with Crippen LogP contribution in [0, 0.1) is 0 Å². The van der Waals surface area contributed by atoms with Gasteiger partial charge in [-0.05, 0) is 54.8 Å². The highest BCUT2D eigenvalue weighted by Gasteiger charge is 2.26. The minimum absolute atomic E-state index is 0.0354. The topological polar surface area (TPSA) is 146 Å². The number of phenols is 1. The van der Waals surface area contributed by atoms with Gasteiger partial charge in [-0.3, -0.25) is 4.79 Å². The van der Waals surface area contributed by atoms with Gasteiger partial charge in [0.2, 0.25) is 0 Å². The molecule has 10 nitrogen and oxygen atoms in total. The first-order valence-corrected chi connectivity index (χ1v) is 12.7. The van der Waals surface area contributed by atoms with E-state index in [1.54, 1.807) is 43.0 Å². The number of amides is 1. The van der Waals surface area contributed by atoms with E-state index in [0.717, 1.165) is 48.1 Å². The predicted molar refractivity (Wildman–Crippen MR) is 140 cm³/mol. The Balaban J connectivity index is 1.29. The number of aromatic amines is 1. The molecule has 0 radical (unpaired) electrons. The molecule has 38 heavy (non-hydrogen) atoms. The number of phenolic OH excluding ortho intramolecular Hbond substituents is 1. The zero-order chi connectivity index (χ0) is 26.2. The van der Waals surface area contributed by atoms with Crippen LogP contribution in [0.3, 0.4) is 0 Å². The molecular weight excluding hydrogens is 486 g/mol. The van der Waals surface area contributed by atoms with Crippen molar-refractivity contribution in [1.82, 2.24) is 24.8 Å². The lowest BCUT2D eigenvalue weighted by Gasteiger charge is -2.25. The van der Waals surface area contributed by atoms with Gasteiger partial charge in [-0.25, -0.2) is 14.8 Å². The number of aliphatic carboxylic acids is 1. The fraction of sp³-hybridized carbons (Fsp3) is 0.286. The number of aromatic hydroxyl groups is 1. The summed E-state index contributed by atoms with van der Waals surface area (Å²) in [6, 6.07) is 9.23. The van der Waals surface area contributed by atoms with Gasteiger partial charge < -0.3 is 29.5 Å². The third-order valence-electron chi connectivity index (χ3n) is 7.28. The number of nitrogens with one attached hydrogen (secondary N) is 2. The van der Waals surface area contributed by atoms with Crippen molar-refractivity contribution in [2.45, 2.75) is 50.6 Å². The number of carboxylic acid groups (broad SMARTS) is 1. The number of benzene rings is 1. The first kappa shape index (κ1) is 23.8.